The topological polar surface area (TPSA) is 60.4 Å². The summed E-state index contributed by atoms with van der Waals surface area (Å²) in [4.78, 5) is 2.35. The highest BCUT2D eigenvalue weighted by molar-refractivity contribution is 7.85. The Labute approximate surface area is 171 Å². The molecule has 5 nitrogen and oxygen atoms in total. The predicted octanol–water partition coefficient (Wildman–Crippen LogP) is 3.82. The Morgan fingerprint density at radius 1 is 0.929 bits per heavy atom. The van der Waals surface area contributed by atoms with Gasteiger partial charge in [0.2, 0.25) is 0 Å². The molecular formula is C22H34N2O3S. The summed E-state index contributed by atoms with van der Waals surface area (Å²) >= 11 is 0. The molecule has 0 N–H and O–H groups in total. The van der Waals surface area contributed by atoms with Crippen molar-refractivity contribution in [3.8, 4) is 0 Å². The third kappa shape index (κ3) is 7.62. The lowest BCUT2D eigenvalue weighted by Gasteiger charge is -2.28. The highest BCUT2D eigenvalue weighted by Gasteiger charge is 2.21. The van der Waals surface area contributed by atoms with Crippen LogP contribution in [-0.2, 0) is 10.1 Å². The second-order valence-corrected chi connectivity index (χ2v) is 9.21. The minimum atomic E-state index is -4.27. The van der Waals surface area contributed by atoms with Gasteiger partial charge in [-0.15, -0.1) is 0 Å². The lowest BCUT2D eigenvalue weighted by atomic mass is 10.2. The van der Waals surface area contributed by atoms with E-state index in [0.717, 1.165) is 10.0 Å². The Balaban J connectivity index is 0.000000289. The maximum Gasteiger partial charge on any atom is 0.124 e. The van der Waals surface area contributed by atoms with Crippen LogP contribution in [0, 0.1) is 13.8 Å². The zero-order chi connectivity index (χ0) is 20.1. The highest BCUT2D eigenvalue weighted by atomic mass is 32.2. The number of benzene rings is 2. The number of rotatable bonds is 2. The summed E-state index contributed by atoms with van der Waals surface area (Å²) in [7, 11) is 0.397. The van der Waals surface area contributed by atoms with E-state index in [4.69, 9.17) is 0 Å². The predicted molar refractivity (Wildman–Crippen MR) is 116 cm³/mol. The van der Waals surface area contributed by atoms with Crippen LogP contribution in [0.1, 0.15) is 25.0 Å². The summed E-state index contributed by atoms with van der Waals surface area (Å²) in [6.07, 6.45) is 1.29. The Morgan fingerprint density at radius 3 is 2.14 bits per heavy atom. The van der Waals surface area contributed by atoms with E-state index in [1.54, 1.807) is 12.1 Å². The van der Waals surface area contributed by atoms with Crippen molar-refractivity contribution in [2.75, 3.05) is 45.2 Å². The van der Waals surface area contributed by atoms with Crippen molar-refractivity contribution < 1.29 is 17.5 Å². The average Bonchev–Trinajstić information content (AvgIpc) is 2.76. The van der Waals surface area contributed by atoms with Crippen molar-refractivity contribution in [2.45, 2.75) is 32.6 Å². The summed E-state index contributed by atoms with van der Waals surface area (Å²) in [5, 5.41) is 0. The molecule has 0 radical (unpaired) electrons. The van der Waals surface area contributed by atoms with E-state index in [-0.39, 0.29) is 12.3 Å². The lowest BCUT2D eigenvalue weighted by Crippen LogP contribution is -2.42. The van der Waals surface area contributed by atoms with Gasteiger partial charge in [-0.3, -0.25) is 0 Å². The van der Waals surface area contributed by atoms with Crippen LogP contribution in [0.25, 0.3) is 0 Å². The molecule has 0 amide bonds. The molecule has 1 heterocycles. The first-order valence-electron chi connectivity index (χ1n) is 9.23. The number of anilines is 1. The fourth-order valence-electron chi connectivity index (χ4n) is 3.09. The first-order valence-corrected chi connectivity index (χ1v) is 10.6. The number of hydrogen-bond donors (Lipinski definition) is 0. The Morgan fingerprint density at radius 2 is 1.57 bits per heavy atom. The van der Waals surface area contributed by atoms with Crippen LogP contribution < -0.4 is 4.90 Å². The molecule has 1 saturated heterocycles. The number of aryl methyl sites for hydroxylation is 2. The Hall–Kier alpha value is -1.89. The lowest BCUT2D eigenvalue weighted by molar-refractivity contribution is -0.887. The molecule has 0 aromatic heterocycles. The van der Waals surface area contributed by atoms with E-state index >= 15 is 0 Å². The zero-order valence-electron chi connectivity index (χ0n) is 16.7. The van der Waals surface area contributed by atoms with Crippen molar-refractivity contribution in [1.29, 1.82) is 0 Å². The van der Waals surface area contributed by atoms with Gasteiger partial charge in [0, 0.05) is 18.7 Å². The largest absolute Gasteiger partial charge is 0.744 e. The molecule has 3 rings (SSSR count). The molecule has 6 heteroatoms. The third-order valence-electron chi connectivity index (χ3n) is 4.84. The van der Waals surface area contributed by atoms with E-state index in [1.165, 1.54) is 56.0 Å². The number of quaternary nitrogens is 1. The van der Waals surface area contributed by atoms with Crippen LogP contribution in [0.4, 0.5) is 5.69 Å². The van der Waals surface area contributed by atoms with Crippen molar-refractivity contribution in [2.24, 2.45) is 0 Å². The fraction of sp³-hybridized carbons (Fsp3) is 0.455. The molecule has 1 aliphatic heterocycles. The fourth-order valence-corrected chi connectivity index (χ4v) is 3.56. The van der Waals surface area contributed by atoms with E-state index in [2.05, 4.69) is 50.2 Å². The first-order chi connectivity index (χ1) is 12.6. The summed E-state index contributed by atoms with van der Waals surface area (Å²) in [6.45, 7) is 8.90. The van der Waals surface area contributed by atoms with E-state index < -0.39 is 10.1 Å². The molecule has 0 aliphatic carbocycles. The van der Waals surface area contributed by atoms with Crippen molar-refractivity contribution >= 4 is 15.8 Å². The average molecular weight is 407 g/mol. The van der Waals surface area contributed by atoms with Crippen LogP contribution in [0.15, 0.2) is 53.4 Å². The monoisotopic (exact) mass is 406 g/mol. The Kier molecular flexibility index (Phi) is 8.67. The van der Waals surface area contributed by atoms with Crippen LogP contribution in [0.2, 0.25) is 0 Å². The van der Waals surface area contributed by atoms with Gasteiger partial charge in [0.1, 0.15) is 10.1 Å². The van der Waals surface area contributed by atoms with Crippen molar-refractivity contribution in [3.05, 3.63) is 59.7 Å². The smallest absolute Gasteiger partial charge is 0.124 e. The summed E-state index contributed by atoms with van der Waals surface area (Å²) in [6, 6.07) is 14.6. The van der Waals surface area contributed by atoms with Crippen LogP contribution >= 0.6 is 0 Å². The number of nitrogens with zero attached hydrogens (tertiary/aromatic N) is 2. The van der Waals surface area contributed by atoms with E-state index in [0.29, 0.717) is 0 Å². The Bertz CT molecular complexity index is 846. The van der Waals surface area contributed by atoms with Crippen LogP contribution in [-0.4, -0.2) is 57.7 Å². The van der Waals surface area contributed by atoms with Crippen LogP contribution in [0.3, 0.4) is 0 Å². The van der Waals surface area contributed by atoms with Gasteiger partial charge >= 0.3 is 0 Å². The quantitative estimate of drug-likeness (QED) is 0.562. The van der Waals surface area contributed by atoms with E-state index in [9.17, 15) is 13.0 Å². The maximum atomic E-state index is 10.4. The highest BCUT2D eigenvalue weighted by Crippen LogP contribution is 2.18. The molecule has 28 heavy (non-hydrogen) atoms. The molecular weight excluding hydrogens is 372 g/mol. The second-order valence-electron chi connectivity index (χ2n) is 7.83. The molecule has 1 aliphatic rings. The zero-order valence-corrected chi connectivity index (χ0v) is 17.5. The van der Waals surface area contributed by atoms with Gasteiger partial charge in [0.25, 0.3) is 0 Å². The van der Waals surface area contributed by atoms with Gasteiger partial charge in [-0.1, -0.05) is 37.3 Å². The second kappa shape index (κ2) is 10.0. The van der Waals surface area contributed by atoms with Crippen LogP contribution in [0.5, 0.6) is 0 Å². The molecule has 0 bridgehead atoms. The van der Waals surface area contributed by atoms with Gasteiger partial charge in [0.15, 0.2) is 0 Å². The van der Waals surface area contributed by atoms with Gasteiger partial charge in [-0.25, -0.2) is 8.42 Å². The normalized spacial score (nSPS) is 16.2. The number of hydrogen-bond acceptors (Lipinski definition) is 4. The summed E-state index contributed by atoms with van der Waals surface area (Å²) in [5.74, 6) is 0. The number of likely N-dealkylation sites (N-methyl/N-ethyl adjacent to an activating group) is 1. The molecule has 0 spiro atoms. The first kappa shape index (κ1) is 24.1. The minimum absolute atomic E-state index is 0. The molecule has 0 saturated carbocycles. The maximum absolute atomic E-state index is 10.4. The molecule has 2 aromatic rings. The van der Waals surface area contributed by atoms with Gasteiger partial charge < -0.3 is 13.9 Å². The molecule has 2 aromatic carbocycles. The molecule has 156 valence electrons. The van der Waals surface area contributed by atoms with Gasteiger partial charge in [-0.2, -0.15) is 0 Å². The van der Waals surface area contributed by atoms with Crippen molar-refractivity contribution in [3.63, 3.8) is 0 Å². The minimum Gasteiger partial charge on any atom is -0.744 e. The summed E-state index contributed by atoms with van der Waals surface area (Å²) < 4.78 is 32.3. The summed E-state index contributed by atoms with van der Waals surface area (Å²) in [5.41, 5.74) is 3.68. The van der Waals surface area contributed by atoms with Gasteiger partial charge in [-0.05, 0) is 43.7 Å². The molecule has 0 atom stereocenters. The standard InChI is InChI=1S/C14H23N2.C7H8O3S.CH4/c1-13-6-4-7-14(12-13)15-8-5-10-16(2,3)11-9-15;1-6-2-4-7(5-3-6)11(8,9)10;/h4,6-7,12H,5,8-11H2,1-3H3;2-5H,1H3,(H,8,9,10);1H4/q+1;;/p-1. The SMILES string of the molecule is C.Cc1ccc(S(=O)(=O)[O-])cc1.Cc1cccc(N2CCC[N+](C)(C)CC2)c1. The molecule has 1 fully saturated rings. The molecule has 0 unspecified atom stereocenters. The van der Waals surface area contributed by atoms with Gasteiger partial charge in [0.05, 0.1) is 38.6 Å². The van der Waals surface area contributed by atoms with E-state index in [1.807, 2.05) is 6.92 Å². The van der Waals surface area contributed by atoms with Crippen molar-refractivity contribution in [1.82, 2.24) is 0 Å². The third-order valence-corrected chi connectivity index (χ3v) is 5.69.